The Hall–Kier alpha value is -3.11. The fourth-order valence-electron chi connectivity index (χ4n) is 3.34. The molecule has 4 rings (SSSR count). The second-order valence-corrected chi connectivity index (χ2v) is 8.60. The van der Waals surface area contributed by atoms with Crippen LogP contribution in [-0.4, -0.2) is 64.5 Å². The Morgan fingerprint density at radius 1 is 1.00 bits per heavy atom. The van der Waals surface area contributed by atoms with E-state index < -0.39 is 10.0 Å². The van der Waals surface area contributed by atoms with Crippen LogP contribution in [0.2, 0.25) is 0 Å². The van der Waals surface area contributed by atoms with Crippen LogP contribution in [0.25, 0.3) is 10.9 Å². The third-order valence-electron chi connectivity index (χ3n) is 4.91. The minimum absolute atomic E-state index is 0.0177. The Morgan fingerprint density at radius 3 is 2.48 bits per heavy atom. The number of sulfonamides is 1. The number of hydrogen-bond donors (Lipinski definition) is 0. The van der Waals surface area contributed by atoms with Gasteiger partial charge in [-0.2, -0.15) is 9.40 Å². The summed E-state index contributed by atoms with van der Waals surface area (Å²) >= 11 is 0. The first-order valence-corrected chi connectivity index (χ1v) is 10.5. The predicted molar refractivity (Wildman–Crippen MR) is 106 cm³/mol. The normalized spacial score (nSPS) is 15.5. The molecule has 9 nitrogen and oxygen atoms in total. The van der Waals surface area contributed by atoms with Crippen LogP contribution in [-0.2, 0) is 21.4 Å². The second kappa shape index (κ2) is 7.72. The number of hydrogen-bond acceptors (Lipinski definition) is 6. The number of pyridine rings is 1. The molecule has 2 aromatic heterocycles. The van der Waals surface area contributed by atoms with Gasteiger partial charge in [0.25, 0.3) is 0 Å². The highest BCUT2D eigenvalue weighted by Crippen LogP contribution is 2.17. The SMILES string of the molecule is O=C(Cn1ncc(=O)c2ccccc21)N1CCN(S(=O)(=O)c2cccnc2)CC1. The zero-order valence-electron chi connectivity index (χ0n) is 15.5. The highest BCUT2D eigenvalue weighted by atomic mass is 32.2. The number of para-hydroxylation sites is 1. The van der Waals surface area contributed by atoms with Crippen LogP contribution in [0.4, 0.5) is 0 Å². The maximum atomic E-state index is 12.7. The summed E-state index contributed by atoms with van der Waals surface area (Å²) in [5.41, 5.74) is 0.393. The zero-order valence-corrected chi connectivity index (χ0v) is 16.3. The average molecular weight is 413 g/mol. The molecule has 1 amide bonds. The molecule has 0 saturated carbocycles. The van der Waals surface area contributed by atoms with E-state index in [2.05, 4.69) is 10.1 Å². The van der Waals surface area contributed by atoms with Gasteiger partial charge in [0.05, 0.1) is 11.7 Å². The molecule has 29 heavy (non-hydrogen) atoms. The molecule has 0 atom stereocenters. The van der Waals surface area contributed by atoms with Crippen molar-refractivity contribution in [1.82, 2.24) is 24.0 Å². The lowest BCUT2D eigenvalue weighted by atomic mass is 10.2. The molecule has 3 heterocycles. The van der Waals surface area contributed by atoms with Gasteiger partial charge in [-0.3, -0.25) is 19.3 Å². The van der Waals surface area contributed by atoms with E-state index in [0.717, 1.165) is 0 Å². The van der Waals surface area contributed by atoms with Crippen molar-refractivity contribution in [3.8, 4) is 0 Å². The number of nitrogens with zero attached hydrogens (tertiary/aromatic N) is 5. The Balaban J connectivity index is 1.45. The Bertz CT molecular complexity index is 1200. The zero-order chi connectivity index (χ0) is 20.4. The maximum absolute atomic E-state index is 12.7. The molecule has 1 saturated heterocycles. The number of carbonyl (C=O) groups excluding carboxylic acids is 1. The van der Waals surface area contributed by atoms with E-state index in [1.165, 1.54) is 33.6 Å². The minimum atomic E-state index is -3.62. The number of benzene rings is 1. The van der Waals surface area contributed by atoms with Crippen LogP contribution >= 0.6 is 0 Å². The van der Waals surface area contributed by atoms with Crippen LogP contribution in [0.1, 0.15) is 0 Å². The number of rotatable bonds is 4. The molecular weight excluding hydrogens is 394 g/mol. The van der Waals surface area contributed by atoms with E-state index in [1.807, 2.05) is 0 Å². The fourth-order valence-corrected chi connectivity index (χ4v) is 4.73. The first-order chi connectivity index (χ1) is 14.0. The molecular formula is C19H19N5O4S. The van der Waals surface area contributed by atoms with Gasteiger partial charge in [-0.05, 0) is 24.3 Å². The van der Waals surface area contributed by atoms with Gasteiger partial charge in [0, 0.05) is 44.0 Å². The third-order valence-corrected chi connectivity index (χ3v) is 6.79. The molecule has 10 heteroatoms. The second-order valence-electron chi connectivity index (χ2n) is 6.66. The topological polar surface area (TPSA) is 105 Å². The van der Waals surface area contributed by atoms with Crippen LogP contribution in [0, 0.1) is 0 Å². The molecule has 1 fully saturated rings. The molecule has 0 unspecified atom stereocenters. The minimum Gasteiger partial charge on any atom is -0.338 e. The van der Waals surface area contributed by atoms with E-state index >= 15 is 0 Å². The summed E-state index contributed by atoms with van der Waals surface area (Å²) in [6.45, 7) is 0.978. The van der Waals surface area contributed by atoms with Crippen molar-refractivity contribution in [3.63, 3.8) is 0 Å². The Kier molecular flexibility index (Phi) is 5.12. The first kappa shape index (κ1) is 19.2. The largest absolute Gasteiger partial charge is 0.338 e. The number of carbonyl (C=O) groups is 1. The smallest absolute Gasteiger partial charge is 0.244 e. The lowest BCUT2D eigenvalue weighted by Crippen LogP contribution is -2.51. The van der Waals surface area contributed by atoms with Crippen molar-refractivity contribution in [2.45, 2.75) is 11.4 Å². The summed E-state index contributed by atoms with van der Waals surface area (Å²) in [6.07, 6.45) is 4.04. The van der Waals surface area contributed by atoms with Crippen molar-refractivity contribution >= 4 is 26.8 Å². The van der Waals surface area contributed by atoms with Gasteiger partial charge in [0.15, 0.2) is 0 Å². The van der Waals surface area contributed by atoms with Crippen LogP contribution < -0.4 is 5.43 Å². The molecule has 0 radical (unpaired) electrons. The van der Waals surface area contributed by atoms with Gasteiger partial charge in [-0.25, -0.2) is 8.42 Å². The van der Waals surface area contributed by atoms with Gasteiger partial charge in [-0.15, -0.1) is 0 Å². The molecule has 3 aromatic rings. The summed E-state index contributed by atoms with van der Waals surface area (Å²) in [7, 11) is -3.62. The maximum Gasteiger partial charge on any atom is 0.244 e. The summed E-state index contributed by atoms with van der Waals surface area (Å²) in [5.74, 6) is -0.176. The number of fused-ring (bicyclic) bond motifs is 1. The summed E-state index contributed by atoms with van der Waals surface area (Å²) in [6, 6.07) is 10.1. The van der Waals surface area contributed by atoms with Crippen molar-refractivity contribution in [3.05, 3.63) is 65.2 Å². The van der Waals surface area contributed by atoms with Crippen molar-refractivity contribution in [2.24, 2.45) is 0 Å². The van der Waals surface area contributed by atoms with E-state index in [1.54, 1.807) is 35.2 Å². The van der Waals surface area contributed by atoms with Gasteiger partial charge < -0.3 is 4.90 Å². The number of piperazine rings is 1. The highest BCUT2D eigenvalue weighted by molar-refractivity contribution is 7.89. The average Bonchev–Trinajstić information content (AvgIpc) is 2.76. The molecule has 0 N–H and O–H groups in total. The Morgan fingerprint density at radius 2 is 1.76 bits per heavy atom. The van der Waals surface area contributed by atoms with Gasteiger partial charge in [0.1, 0.15) is 11.4 Å². The van der Waals surface area contributed by atoms with E-state index in [0.29, 0.717) is 10.9 Å². The van der Waals surface area contributed by atoms with Crippen LogP contribution in [0.3, 0.4) is 0 Å². The predicted octanol–water partition coefficient (Wildman–Crippen LogP) is 0.325. The molecule has 150 valence electrons. The van der Waals surface area contributed by atoms with Crippen LogP contribution in [0.5, 0.6) is 0 Å². The molecule has 1 aliphatic rings. The Labute approximate surface area is 167 Å². The van der Waals surface area contributed by atoms with E-state index in [9.17, 15) is 18.0 Å². The van der Waals surface area contributed by atoms with Crippen LogP contribution in [0.15, 0.2) is 64.7 Å². The molecule has 0 aliphatic carbocycles. The van der Waals surface area contributed by atoms with Gasteiger partial charge >= 0.3 is 0 Å². The van der Waals surface area contributed by atoms with Gasteiger partial charge in [-0.1, -0.05) is 12.1 Å². The van der Waals surface area contributed by atoms with Crippen molar-refractivity contribution in [1.29, 1.82) is 0 Å². The van der Waals surface area contributed by atoms with E-state index in [-0.39, 0.29) is 49.0 Å². The van der Waals surface area contributed by atoms with Crippen molar-refractivity contribution in [2.75, 3.05) is 26.2 Å². The fraction of sp³-hybridized carbons (Fsp3) is 0.263. The lowest BCUT2D eigenvalue weighted by molar-refractivity contribution is -0.133. The third kappa shape index (κ3) is 3.76. The monoisotopic (exact) mass is 413 g/mol. The summed E-state index contributed by atoms with van der Waals surface area (Å²) in [4.78, 5) is 30.3. The molecule has 0 bridgehead atoms. The highest BCUT2D eigenvalue weighted by Gasteiger charge is 2.30. The van der Waals surface area contributed by atoms with E-state index in [4.69, 9.17) is 0 Å². The first-order valence-electron chi connectivity index (χ1n) is 9.09. The van der Waals surface area contributed by atoms with Gasteiger partial charge in [0.2, 0.25) is 21.4 Å². The summed E-state index contributed by atoms with van der Waals surface area (Å²) in [5, 5.41) is 4.58. The molecule has 1 aromatic carbocycles. The van der Waals surface area contributed by atoms with Crippen molar-refractivity contribution < 1.29 is 13.2 Å². The number of aromatic nitrogens is 3. The number of amides is 1. The lowest BCUT2D eigenvalue weighted by Gasteiger charge is -2.34. The molecule has 1 aliphatic heterocycles. The summed E-state index contributed by atoms with van der Waals surface area (Å²) < 4.78 is 28.2. The standard InChI is InChI=1S/C19H19N5O4S/c25-18-13-21-24(17-6-2-1-5-16(17)18)14-19(26)22-8-10-23(11-9-22)29(27,28)15-4-3-7-20-12-15/h1-7,12-13H,8-11,14H2. The molecule has 0 spiro atoms. The quantitative estimate of drug-likeness (QED) is 0.610.